The fourth-order valence-electron chi connectivity index (χ4n) is 1.73. The summed E-state index contributed by atoms with van der Waals surface area (Å²) in [6.07, 6.45) is -3.93. The first-order valence-electron chi connectivity index (χ1n) is 4.64. The smallest absolute Gasteiger partial charge is 0.212 e. The summed E-state index contributed by atoms with van der Waals surface area (Å²) in [4.78, 5) is 0. The summed E-state index contributed by atoms with van der Waals surface area (Å²) in [6.45, 7) is 0. The Hall–Kier alpha value is -0.850. The first-order valence-corrected chi connectivity index (χ1v) is 5.11. The van der Waals surface area contributed by atoms with Crippen LogP contribution >= 0.6 is 12.2 Å². The summed E-state index contributed by atoms with van der Waals surface area (Å²) in [5.74, 6) is -3.76. The molecule has 0 saturated heterocycles. The van der Waals surface area contributed by atoms with E-state index in [2.05, 4.69) is 17.3 Å². The van der Waals surface area contributed by atoms with E-state index in [1.54, 1.807) is 0 Å². The molecule has 0 aromatic carbocycles. The Morgan fingerprint density at radius 2 is 2.19 bits per heavy atom. The molecule has 2 nitrogen and oxygen atoms in total. The van der Waals surface area contributed by atoms with Crippen LogP contribution in [0.1, 0.15) is 12.8 Å². The molecule has 1 N–H and O–H groups in total. The fourth-order valence-corrected chi connectivity index (χ4v) is 2.02. The van der Waals surface area contributed by atoms with Crippen molar-refractivity contribution in [1.29, 1.82) is 5.53 Å². The molecule has 0 bridgehead atoms. The number of thiocarbonyl (C=S) groups is 1. The third-order valence-corrected chi connectivity index (χ3v) is 2.93. The van der Waals surface area contributed by atoms with Gasteiger partial charge < -0.3 is 0 Å². The minimum absolute atomic E-state index is 0.137. The predicted octanol–water partition coefficient (Wildman–Crippen LogP) is 3.83. The molecule has 0 radical (unpaired) electrons. The second kappa shape index (κ2) is 4.99. The number of nitrogens with one attached hydrogen (secondary N) is 1. The lowest BCUT2D eigenvalue weighted by Crippen LogP contribution is -2.32. The zero-order valence-electron chi connectivity index (χ0n) is 8.17. The van der Waals surface area contributed by atoms with Crippen LogP contribution in [0.15, 0.2) is 17.0 Å². The standard InChI is InChI=1S/C9H10F4N2S/c10-7-2-1-5(8(4-16)15-14)3-6(7)9(11,12)13/h2,4-6,8,14H,1,3H2. The predicted molar refractivity (Wildman–Crippen MR) is 54.1 cm³/mol. The summed E-state index contributed by atoms with van der Waals surface area (Å²) in [6, 6.07) is -0.746. The van der Waals surface area contributed by atoms with E-state index in [-0.39, 0.29) is 6.42 Å². The molecule has 1 aliphatic carbocycles. The number of halogens is 4. The van der Waals surface area contributed by atoms with E-state index in [0.717, 1.165) is 11.4 Å². The van der Waals surface area contributed by atoms with E-state index in [0.29, 0.717) is 0 Å². The molecule has 0 fully saturated rings. The zero-order chi connectivity index (χ0) is 12.3. The van der Waals surface area contributed by atoms with Gasteiger partial charge in [-0.2, -0.15) is 18.3 Å². The third-order valence-electron chi connectivity index (χ3n) is 2.65. The van der Waals surface area contributed by atoms with Gasteiger partial charge in [0.25, 0.3) is 0 Å². The fraction of sp³-hybridized carbons (Fsp3) is 0.667. The Morgan fingerprint density at radius 3 is 2.62 bits per heavy atom. The normalized spacial score (nSPS) is 28.1. The number of allylic oxidation sites excluding steroid dienone is 2. The molecule has 0 aromatic rings. The zero-order valence-corrected chi connectivity index (χ0v) is 8.98. The second-order valence-corrected chi connectivity index (χ2v) is 3.94. The minimum atomic E-state index is -4.59. The van der Waals surface area contributed by atoms with Crippen molar-refractivity contribution in [3.8, 4) is 0 Å². The van der Waals surface area contributed by atoms with Gasteiger partial charge in [-0.05, 0) is 18.8 Å². The number of nitrogens with zero attached hydrogens (tertiary/aromatic N) is 1. The molecule has 0 heterocycles. The summed E-state index contributed by atoms with van der Waals surface area (Å²) < 4.78 is 50.3. The SMILES string of the molecule is N=NC(C=S)C1CC=C(F)C(C(F)(F)F)C1. The van der Waals surface area contributed by atoms with Crippen LogP contribution in [-0.2, 0) is 0 Å². The first-order chi connectivity index (χ1) is 7.40. The lowest BCUT2D eigenvalue weighted by molar-refractivity contribution is -0.174. The number of hydrogen-bond acceptors (Lipinski definition) is 3. The average Bonchev–Trinajstić information content (AvgIpc) is 2.20. The highest BCUT2D eigenvalue weighted by molar-refractivity contribution is 7.79. The highest BCUT2D eigenvalue weighted by Crippen LogP contribution is 2.42. The van der Waals surface area contributed by atoms with Gasteiger partial charge in [0.1, 0.15) is 17.8 Å². The minimum Gasteiger partial charge on any atom is -0.212 e. The van der Waals surface area contributed by atoms with E-state index < -0.39 is 36.3 Å². The quantitative estimate of drug-likeness (QED) is 0.464. The molecule has 0 amide bonds. The molecule has 1 rings (SSSR count). The molecule has 0 saturated carbocycles. The van der Waals surface area contributed by atoms with Gasteiger partial charge in [0, 0.05) is 5.37 Å². The van der Waals surface area contributed by atoms with Crippen molar-refractivity contribution in [1.82, 2.24) is 0 Å². The first kappa shape index (κ1) is 13.2. The number of rotatable bonds is 3. The number of alkyl halides is 3. The molecule has 7 heteroatoms. The summed E-state index contributed by atoms with van der Waals surface area (Å²) in [5.41, 5.74) is 6.80. The molecular weight excluding hydrogens is 244 g/mol. The molecule has 3 atom stereocenters. The molecule has 0 aromatic heterocycles. The lowest BCUT2D eigenvalue weighted by Gasteiger charge is -2.29. The third kappa shape index (κ3) is 2.84. The van der Waals surface area contributed by atoms with Crippen molar-refractivity contribution in [3.05, 3.63) is 11.9 Å². The van der Waals surface area contributed by atoms with E-state index in [1.807, 2.05) is 0 Å². The summed E-state index contributed by atoms with van der Waals surface area (Å²) in [7, 11) is 0. The monoisotopic (exact) mass is 254 g/mol. The Bertz CT molecular complexity index is 305. The Morgan fingerprint density at radius 1 is 1.56 bits per heavy atom. The van der Waals surface area contributed by atoms with Gasteiger partial charge in [0.15, 0.2) is 0 Å². The van der Waals surface area contributed by atoms with Crippen LogP contribution in [0.25, 0.3) is 0 Å². The van der Waals surface area contributed by atoms with E-state index >= 15 is 0 Å². The van der Waals surface area contributed by atoms with Crippen LogP contribution in [0.5, 0.6) is 0 Å². The maximum atomic E-state index is 13.0. The maximum Gasteiger partial charge on any atom is 0.397 e. The molecule has 90 valence electrons. The Kier molecular flexibility index (Phi) is 4.12. The van der Waals surface area contributed by atoms with Gasteiger partial charge in [0.05, 0.1) is 0 Å². The molecule has 0 aliphatic heterocycles. The van der Waals surface area contributed by atoms with Crippen molar-refractivity contribution in [3.63, 3.8) is 0 Å². The van der Waals surface area contributed by atoms with Gasteiger partial charge in [-0.25, -0.2) is 9.92 Å². The van der Waals surface area contributed by atoms with Crippen molar-refractivity contribution in [2.75, 3.05) is 0 Å². The molecule has 1 aliphatic rings. The van der Waals surface area contributed by atoms with Crippen molar-refractivity contribution < 1.29 is 17.6 Å². The highest BCUT2D eigenvalue weighted by Gasteiger charge is 2.46. The van der Waals surface area contributed by atoms with Crippen LogP contribution in [-0.4, -0.2) is 17.6 Å². The van der Waals surface area contributed by atoms with Crippen molar-refractivity contribution in [2.45, 2.75) is 25.1 Å². The van der Waals surface area contributed by atoms with Crippen LogP contribution in [0.3, 0.4) is 0 Å². The number of hydrogen-bond donors (Lipinski definition) is 1. The highest BCUT2D eigenvalue weighted by atomic mass is 32.1. The largest absolute Gasteiger partial charge is 0.397 e. The van der Waals surface area contributed by atoms with Crippen molar-refractivity contribution in [2.24, 2.45) is 17.0 Å². The van der Waals surface area contributed by atoms with Crippen LogP contribution < -0.4 is 0 Å². The van der Waals surface area contributed by atoms with Crippen molar-refractivity contribution >= 4 is 17.6 Å². The summed E-state index contributed by atoms with van der Waals surface area (Å²) >= 11 is 4.58. The topological polar surface area (TPSA) is 36.2 Å². The molecule has 3 unspecified atom stereocenters. The average molecular weight is 254 g/mol. The van der Waals surface area contributed by atoms with Crippen LogP contribution in [0, 0.1) is 17.4 Å². The van der Waals surface area contributed by atoms with E-state index in [9.17, 15) is 17.6 Å². The van der Waals surface area contributed by atoms with Gasteiger partial charge in [-0.3, -0.25) is 0 Å². The van der Waals surface area contributed by atoms with E-state index in [1.165, 1.54) is 0 Å². The van der Waals surface area contributed by atoms with Gasteiger partial charge in [-0.15, -0.1) is 0 Å². The lowest BCUT2D eigenvalue weighted by atomic mass is 9.82. The summed E-state index contributed by atoms with van der Waals surface area (Å²) in [5, 5.41) is 4.30. The van der Waals surface area contributed by atoms with Gasteiger partial charge in [0.2, 0.25) is 0 Å². The van der Waals surface area contributed by atoms with Crippen LogP contribution in [0.2, 0.25) is 0 Å². The maximum absolute atomic E-state index is 13.0. The van der Waals surface area contributed by atoms with Crippen LogP contribution in [0.4, 0.5) is 17.6 Å². The van der Waals surface area contributed by atoms with E-state index in [4.69, 9.17) is 5.53 Å². The molecule has 16 heavy (non-hydrogen) atoms. The molecular formula is C9H10F4N2S. The van der Waals surface area contributed by atoms with Gasteiger partial charge in [-0.1, -0.05) is 18.3 Å². The second-order valence-electron chi connectivity index (χ2n) is 3.67. The molecule has 0 spiro atoms. The Balaban J connectivity index is 2.84. The Labute approximate surface area is 95.2 Å². The van der Waals surface area contributed by atoms with Gasteiger partial charge >= 0.3 is 6.18 Å².